The maximum Gasteiger partial charge on any atom is 0.408 e. The van der Waals surface area contributed by atoms with E-state index in [4.69, 9.17) is 9.15 Å². The lowest BCUT2D eigenvalue weighted by atomic mass is 9.90. The van der Waals surface area contributed by atoms with E-state index in [-0.39, 0.29) is 40.7 Å². The number of nitrogens with zero attached hydrogens (tertiary/aromatic N) is 5. The zero-order chi connectivity index (χ0) is 36.8. The molecule has 0 spiro atoms. The molecular formula is C36H36F4N6O4. The van der Waals surface area contributed by atoms with Gasteiger partial charge in [0.25, 0.3) is 11.8 Å². The number of ether oxygens (including phenoxy) is 1. The van der Waals surface area contributed by atoms with Crippen LogP contribution in [0.2, 0.25) is 0 Å². The second kappa shape index (κ2) is 12.9. The standard InChI is InChI=1S/C36H36F4N6O4/c1-33(2,3)50-32(48)43-27-16-35(6,38)24-15-25(37)23(29-44-45-31(49-29)34(4,5)19-41)14-28(24)46(30(27)47)18-20-8-10-21(11-9-20)26-13-12-22(17-42-26)36(7,39)40/h8-15,17,27H,16,18H2,1-7H3,(H,43,48)/t27?,35-/m1/s1. The maximum atomic E-state index is 16.6. The molecule has 1 unspecified atom stereocenters. The first-order chi connectivity index (χ1) is 23.2. The van der Waals surface area contributed by atoms with Crippen molar-refractivity contribution in [3.05, 3.63) is 83.1 Å². The summed E-state index contributed by atoms with van der Waals surface area (Å²) in [5.41, 5.74) is -3.43. The van der Waals surface area contributed by atoms with E-state index < -0.39 is 52.9 Å². The highest BCUT2D eigenvalue weighted by Crippen LogP contribution is 2.44. The molecule has 3 heterocycles. The number of amides is 2. The summed E-state index contributed by atoms with van der Waals surface area (Å²) in [6, 6.07) is 12.3. The van der Waals surface area contributed by atoms with Crippen LogP contribution in [-0.2, 0) is 33.1 Å². The van der Waals surface area contributed by atoms with Gasteiger partial charge in [-0.15, -0.1) is 10.2 Å². The number of aromatic nitrogens is 3. The van der Waals surface area contributed by atoms with E-state index >= 15 is 8.78 Å². The van der Waals surface area contributed by atoms with E-state index in [1.54, 1.807) is 58.9 Å². The summed E-state index contributed by atoms with van der Waals surface area (Å²) in [7, 11) is 0. The number of benzene rings is 2. The van der Waals surface area contributed by atoms with Gasteiger partial charge in [-0.1, -0.05) is 24.3 Å². The highest BCUT2D eigenvalue weighted by molar-refractivity contribution is 6.01. The fourth-order valence-electron chi connectivity index (χ4n) is 5.40. The number of rotatable bonds is 7. The molecular weight excluding hydrogens is 656 g/mol. The zero-order valence-electron chi connectivity index (χ0n) is 28.6. The molecule has 0 saturated heterocycles. The number of halogens is 4. The molecule has 0 bridgehead atoms. The van der Waals surface area contributed by atoms with Crippen molar-refractivity contribution < 1.29 is 36.3 Å². The van der Waals surface area contributed by atoms with E-state index in [9.17, 15) is 23.6 Å². The van der Waals surface area contributed by atoms with Gasteiger partial charge in [0, 0.05) is 36.2 Å². The Bertz CT molecular complexity index is 1960. The highest BCUT2D eigenvalue weighted by atomic mass is 19.3. The monoisotopic (exact) mass is 692 g/mol. The Hall–Kier alpha value is -5.32. The van der Waals surface area contributed by atoms with Crippen LogP contribution in [0.25, 0.3) is 22.7 Å². The average molecular weight is 693 g/mol. The fourth-order valence-corrected chi connectivity index (χ4v) is 5.40. The Morgan fingerprint density at radius 2 is 1.78 bits per heavy atom. The van der Waals surface area contributed by atoms with Crippen molar-refractivity contribution in [2.45, 2.75) is 90.1 Å². The van der Waals surface area contributed by atoms with Gasteiger partial charge in [0.2, 0.25) is 11.8 Å². The molecule has 1 N–H and O–H groups in total. The topological polar surface area (TPSA) is 134 Å². The van der Waals surface area contributed by atoms with Gasteiger partial charge in [0.15, 0.2) is 0 Å². The van der Waals surface area contributed by atoms with Crippen LogP contribution in [0.5, 0.6) is 0 Å². The van der Waals surface area contributed by atoms with Crippen LogP contribution in [0.1, 0.15) is 77.5 Å². The normalized spacial score (nSPS) is 18.2. The lowest BCUT2D eigenvalue weighted by Gasteiger charge is -2.27. The molecule has 262 valence electrons. The molecule has 2 aromatic heterocycles. The van der Waals surface area contributed by atoms with Crippen molar-refractivity contribution in [2.75, 3.05) is 4.90 Å². The Kier molecular flexibility index (Phi) is 9.25. The molecule has 14 heteroatoms. The number of alkyl halides is 3. The molecule has 1 aliphatic rings. The van der Waals surface area contributed by atoms with Crippen molar-refractivity contribution in [1.29, 1.82) is 5.26 Å². The average Bonchev–Trinajstić information content (AvgIpc) is 3.51. The number of pyridine rings is 1. The third kappa shape index (κ3) is 7.61. The molecule has 4 aromatic rings. The molecule has 0 radical (unpaired) electrons. The zero-order valence-corrected chi connectivity index (χ0v) is 28.6. The minimum atomic E-state index is -3.04. The van der Waals surface area contributed by atoms with E-state index in [2.05, 4.69) is 20.5 Å². The summed E-state index contributed by atoms with van der Waals surface area (Å²) in [5.74, 6) is -5.00. The molecule has 5 rings (SSSR count). The Balaban J connectivity index is 1.57. The van der Waals surface area contributed by atoms with Gasteiger partial charge in [-0.2, -0.15) is 5.26 Å². The van der Waals surface area contributed by atoms with E-state index in [0.717, 1.165) is 19.2 Å². The van der Waals surface area contributed by atoms with Crippen LogP contribution in [0.4, 0.5) is 28.0 Å². The van der Waals surface area contributed by atoms with E-state index in [1.807, 2.05) is 6.07 Å². The number of alkyl carbamates (subject to hydrolysis) is 1. The molecule has 10 nitrogen and oxygen atoms in total. The first-order valence-corrected chi connectivity index (χ1v) is 15.7. The summed E-state index contributed by atoms with van der Waals surface area (Å²) in [6.45, 7) is 9.83. The highest BCUT2D eigenvalue weighted by Gasteiger charge is 2.44. The summed E-state index contributed by atoms with van der Waals surface area (Å²) < 4.78 is 70.8. The fraction of sp³-hybridized carbons (Fsp3) is 0.389. The molecule has 0 aliphatic carbocycles. The largest absolute Gasteiger partial charge is 0.444 e. The molecule has 0 fully saturated rings. The van der Waals surface area contributed by atoms with Crippen molar-refractivity contribution >= 4 is 17.7 Å². The lowest BCUT2D eigenvalue weighted by molar-refractivity contribution is -0.121. The second-order valence-corrected chi connectivity index (χ2v) is 14.0. The smallest absolute Gasteiger partial charge is 0.408 e. The van der Waals surface area contributed by atoms with Crippen LogP contribution >= 0.6 is 0 Å². The summed E-state index contributed by atoms with van der Waals surface area (Å²) in [4.78, 5) is 32.4. The number of carbonyl (C=O) groups excluding carboxylic acids is 2. The molecule has 50 heavy (non-hydrogen) atoms. The number of anilines is 1. The van der Waals surface area contributed by atoms with Gasteiger partial charge in [0.05, 0.1) is 29.6 Å². The maximum absolute atomic E-state index is 16.6. The number of nitrogens with one attached hydrogen (secondary N) is 1. The quantitative estimate of drug-likeness (QED) is 0.194. The SMILES string of the molecule is CC(C)(C)OC(=O)NC1C[C@@](C)(F)c2cc(F)c(-c3nnc(C(C)(C)C#N)o3)cc2N(Cc2ccc(-c3ccc(C(C)(F)F)cn3)cc2)C1=O. The minimum absolute atomic E-state index is 0.00833. The lowest BCUT2D eigenvalue weighted by Crippen LogP contribution is -2.50. The van der Waals surface area contributed by atoms with Gasteiger partial charge in [-0.3, -0.25) is 9.78 Å². The summed E-state index contributed by atoms with van der Waals surface area (Å²) in [6.07, 6.45) is -0.371. The van der Waals surface area contributed by atoms with Gasteiger partial charge >= 0.3 is 6.09 Å². The van der Waals surface area contributed by atoms with Crippen molar-refractivity contribution in [3.63, 3.8) is 0 Å². The number of carbonyl (C=O) groups is 2. The van der Waals surface area contributed by atoms with Crippen LogP contribution in [0.3, 0.4) is 0 Å². The van der Waals surface area contributed by atoms with Gasteiger partial charge < -0.3 is 19.4 Å². The third-order valence-corrected chi connectivity index (χ3v) is 8.11. The van der Waals surface area contributed by atoms with E-state index in [1.165, 1.54) is 30.0 Å². The van der Waals surface area contributed by atoms with Gasteiger partial charge in [-0.05, 0) is 71.4 Å². The van der Waals surface area contributed by atoms with E-state index in [0.29, 0.717) is 16.8 Å². The molecule has 2 atom stereocenters. The Morgan fingerprint density at radius 1 is 1.10 bits per heavy atom. The Morgan fingerprint density at radius 3 is 2.36 bits per heavy atom. The number of hydrogen-bond donors (Lipinski definition) is 1. The summed E-state index contributed by atoms with van der Waals surface area (Å²) >= 11 is 0. The minimum Gasteiger partial charge on any atom is -0.444 e. The molecule has 2 aromatic carbocycles. The Labute approximate surface area is 286 Å². The summed E-state index contributed by atoms with van der Waals surface area (Å²) in [5, 5.41) is 19.8. The first-order valence-electron chi connectivity index (χ1n) is 15.7. The van der Waals surface area contributed by atoms with Crippen LogP contribution < -0.4 is 10.2 Å². The van der Waals surface area contributed by atoms with Gasteiger partial charge in [0.1, 0.15) is 28.5 Å². The van der Waals surface area contributed by atoms with Crippen LogP contribution in [0.15, 0.2) is 59.1 Å². The second-order valence-electron chi connectivity index (χ2n) is 14.0. The van der Waals surface area contributed by atoms with Crippen molar-refractivity contribution in [1.82, 2.24) is 20.5 Å². The van der Waals surface area contributed by atoms with Crippen LogP contribution in [0, 0.1) is 17.1 Å². The third-order valence-electron chi connectivity index (χ3n) is 8.11. The number of hydrogen-bond acceptors (Lipinski definition) is 8. The first kappa shape index (κ1) is 36.0. The van der Waals surface area contributed by atoms with Gasteiger partial charge in [-0.25, -0.2) is 22.4 Å². The number of fused-ring (bicyclic) bond motifs is 1. The molecule has 0 saturated carbocycles. The molecule has 2 amide bonds. The predicted molar refractivity (Wildman–Crippen MR) is 175 cm³/mol. The van der Waals surface area contributed by atoms with Crippen molar-refractivity contribution in [3.8, 4) is 28.8 Å². The van der Waals surface area contributed by atoms with Crippen LogP contribution in [-0.4, -0.2) is 38.8 Å². The number of nitriles is 1. The molecule has 1 aliphatic heterocycles. The van der Waals surface area contributed by atoms with Crippen molar-refractivity contribution in [2.24, 2.45) is 0 Å². The predicted octanol–water partition coefficient (Wildman–Crippen LogP) is 7.87.